The Labute approximate surface area is 221 Å². The molecule has 2 heterocycles. The molecule has 0 radical (unpaired) electrons. The molecule has 4 rings (SSSR count). The molecular formula is C29H42N4O4. The standard InChI is InChI=1S/C29H42N4O4/c1-6-32-24(18-31-14-15-33(21(5)17-31)27(34)22-10-8-9-11-22)25(28(35)37-7-2)26(30-29(32)36)23-16-19(3)12-13-20(23)4/h12-13,16,21-22,26H,6-11,14-15,17-18H2,1-5H3,(H,30,36). The zero-order chi connectivity index (χ0) is 26.7. The summed E-state index contributed by atoms with van der Waals surface area (Å²) in [6, 6.07) is 5.38. The molecule has 8 nitrogen and oxygen atoms in total. The lowest BCUT2D eigenvalue weighted by molar-refractivity contribution is -0.140. The molecule has 0 bridgehead atoms. The summed E-state index contributed by atoms with van der Waals surface area (Å²) in [4.78, 5) is 45.8. The van der Waals surface area contributed by atoms with Crippen LogP contribution in [0.2, 0.25) is 0 Å². The first kappa shape index (κ1) is 27.2. The number of hydrogen-bond acceptors (Lipinski definition) is 5. The van der Waals surface area contributed by atoms with Crippen molar-refractivity contribution in [3.63, 3.8) is 0 Å². The van der Waals surface area contributed by atoms with Crippen LogP contribution in [-0.2, 0) is 14.3 Å². The lowest BCUT2D eigenvalue weighted by Gasteiger charge is -2.43. The van der Waals surface area contributed by atoms with E-state index >= 15 is 0 Å². The zero-order valence-electron chi connectivity index (χ0n) is 23.0. The average Bonchev–Trinajstić information content (AvgIpc) is 3.40. The molecular weight excluding hydrogens is 468 g/mol. The molecule has 1 aromatic rings. The van der Waals surface area contributed by atoms with Crippen molar-refractivity contribution in [1.82, 2.24) is 20.0 Å². The Morgan fingerprint density at radius 2 is 1.84 bits per heavy atom. The molecule has 1 saturated heterocycles. The number of ether oxygens (including phenoxy) is 1. The quantitative estimate of drug-likeness (QED) is 0.562. The minimum absolute atomic E-state index is 0.0794. The van der Waals surface area contributed by atoms with Crippen LogP contribution < -0.4 is 5.32 Å². The third-order valence-electron chi connectivity index (χ3n) is 8.07. The molecule has 8 heteroatoms. The van der Waals surface area contributed by atoms with Gasteiger partial charge in [0.15, 0.2) is 0 Å². The minimum atomic E-state index is -0.577. The molecule has 3 aliphatic rings. The summed E-state index contributed by atoms with van der Waals surface area (Å²) in [5.74, 6) is 0.0614. The lowest BCUT2D eigenvalue weighted by atomic mass is 9.90. The van der Waals surface area contributed by atoms with Gasteiger partial charge in [-0.25, -0.2) is 9.59 Å². The van der Waals surface area contributed by atoms with Gasteiger partial charge in [0.25, 0.3) is 0 Å². The number of hydrogen-bond donors (Lipinski definition) is 1. The molecule has 1 N–H and O–H groups in total. The second-order valence-corrected chi connectivity index (χ2v) is 10.7. The van der Waals surface area contributed by atoms with Gasteiger partial charge in [0, 0.05) is 50.4 Å². The number of piperazine rings is 1. The van der Waals surface area contributed by atoms with Crippen LogP contribution in [0.25, 0.3) is 0 Å². The first-order valence-electron chi connectivity index (χ1n) is 13.8. The smallest absolute Gasteiger partial charge is 0.338 e. The van der Waals surface area contributed by atoms with E-state index in [4.69, 9.17) is 4.74 Å². The van der Waals surface area contributed by atoms with E-state index in [1.807, 2.05) is 43.9 Å². The summed E-state index contributed by atoms with van der Waals surface area (Å²) in [6.07, 6.45) is 4.29. The maximum absolute atomic E-state index is 13.4. The molecule has 0 aromatic heterocycles. The van der Waals surface area contributed by atoms with E-state index in [0.29, 0.717) is 49.9 Å². The van der Waals surface area contributed by atoms with Crippen LogP contribution in [0.3, 0.4) is 0 Å². The molecule has 1 aromatic carbocycles. The van der Waals surface area contributed by atoms with E-state index in [0.717, 1.165) is 42.4 Å². The topological polar surface area (TPSA) is 82.2 Å². The van der Waals surface area contributed by atoms with Crippen molar-refractivity contribution in [3.8, 4) is 0 Å². The number of aryl methyl sites for hydroxylation is 2. The number of rotatable bonds is 7. The monoisotopic (exact) mass is 510 g/mol. The highest BCUT2D eigenvalue weighted by molar-refractivity contribution is 5.95. The Bertz CT molecular complexity index is 1060. The summed E-state index contributed by atoms with van der Waals surface area (Å²) in [6.45, 7) is 13.0. The summed E-state index contributed by atoms with van der Waals surface area (Å²) in [7, 11) is 0. The summed E-state index contributed by atoms with van der Waals surface area (Å²) < 4.78 is 5.53. The van der Waals surface area contributed by atoms with E-state index in [1.54, 1.807) is 11.8 Å². The van der Waals surface area contributed by atoms with Crippen LogP contribution in [0.1, 0.15) is 69.2 Å². The molecule has 1 aliphatic carbocycles. The number of carbonyl (C=O) groups excluding carboxylic acids is 3. The fourth-order valence-electron chi connectivity index (χ4n) is 6.08. The Balaban J connectivity index is 1.65. The van der Waals surface area contributed by atoms with Crippen molar-refractivity contribution >= 4 is 17.9 Å². The number of benzene rings is 1. The Hall–Kier alpha value is -2.87. The summed E-state index contributed by atoms with van der Waals surface area (Å²) in [5.41, 5.74) is 4.17. The molecule has 3 amide bonds. The molecule has 202 valence electrons. The van der Waals surface area contributed by atoms with Gasteiger partial charge in [-0.05, 0) is 58.6 Å². The van der Waals surface area contributed by atoms with Crippen LogP contribution in [0, 0.1) is 19.8 Å². The van der Waals surface area contributed by atoms with Gasteiger partial charge < -0.3 is 15.0 Å². The molecule has 2 fully saturated rings. The van der Waals surface area contributed by atoms with Crippen molar-refractivity contribution in [2.24, 2.45) is 5.92 Å². The highest BCUT2D eigenvalue weighted by Crippen LogP contribution is 2.34. The van der Waals surface area contributed by atoms with Crippen molar-refractivity contribution in [2.45, 2.75) is 72.4 Å². The number of amides is 3. The lowest BCUT2D eigenvalue weighted by Crippen LogP contribution is -2.57. The predicted octanol–water partition coefficient (Wildman–Crippen LogP) is 3.93. The summed E-state index contributed by atoms with van der Waals surface area (Å²) in [5, 5.41) is 3.08. The second-order valence-electron chi connectivity index (χ2n) is 10.7. The highest BCUT2D eigenvalue weighted by Gasteiger charge is 2.40. The fourth-order valence-corrected chi connectivity index (χ4v) is 6.08. The maximum Gasteiger partial charge on any atom is 0.338 e. The Morgan fingerprint density at radius 1 is 1.11 bits per heavy atom. The second kappa shape index (κ2) is 11.7. The minimum Gasteiger partial charge on any atom is -0.463 e. The third kappa shape index (κ3) is 5.69. The predicted molar refractivity (Wildman–Crippen MR) is 143 cm³/mol. The zero-order valence-corrected chi connectivity index (χ0v) is 23.0. The van der Waals surface area contributed by atoms with Crippen molar-refractivity contribution < 1.29 is 19.1 Å². The fraction of sp³-hybridized carbons (Fsp3) is 0.621. The SMILES string of the molecule is CCOC(=O)C1=C(CN2CCN(C(=O)C3CCCC3)C(C)C2)N(CC)C(=O)NC1c1cc(C)ccc1C. The van der Waals surface area contributed by atoms with Gasteiger partial charge in [0.05, 0.1) is 18.2 Å². The van der Waals surface area contributed by atoms with Crippen LogP contribution in [0.15, 0.2) is 29.5 Å². The van der Waals surface area contributed by atoms with E-state index in [-0.39, 0.29) is 24.6 Å². The van der Waals surface area contributed by atoms with E-state index < -0.39 is 12.0 Å². The van der Waals surface area contributed by atoms with Gasteiger partial charge in [0.1, 0.15) is 0 Å². The molecule has 2 unspecified atom stereocenters. The third-order valence-corrected chi connectivity index (χ3v) is 8.07. The molecule has 2 atom stereocenters. The van der Waals surface area contributed by atoms with Gasteiger partial charge in [-0.15, -0.1) is 0 Å². The number of carbonyl (C=O) groups is 3. The highest BCUT2D eigenvalue weighted by atomic mass is 16.5. The molecule has 0 spiro atoms. The normalized spacial score (nSPS) is 23.4. The van der Waals surface area contributed by atoms with Crippen LogP contribution >= 0.6 is 0 Å². The number of nitrogens with zero attached hydrogens (tertiary/aromatic N) is 3. The summed E-state index contributed by atoms with van der Waals surface area (Å²) >= 11 is 0. The van der Waals surface area contributed by atoms with Gasteiger partial charge in [-0.3, -0.25) is 14.6 Å². The molecule has 37 heavy (non-hydrogen) atoms. The number of nitrogens with one attached hydrogen (secondary N) is 1. The van der Waals surface area contributed by atoms with Crippen LogP contribution in [0.5, 0.6) is 0 Å². The largest absolute Gasteiger partial charge is 0.463 e. The Kier molecular flexibility index (Phi) is 8.57. The van der Waals surface area contributed by atoms with Crippen LogP contribution in [0.4, 0.5) is 4.79 Å². The van der Waals surface area contributed by atoms with Crippen molar-refractivity contribution in [1.29, 1.82) is 0 Å². The first-order chi connectivity index (χ1) is 17.7. The van der Waals surface area contributed by atoms with Gasteiger partial charge in [-0.2, -0.15) is 0 Å². The number of likely N-dealkylation sites (N-methyl/N-ethyl adjacent to an activating group) is 1. The molecule has 1 saturated carbocycles. The van der Waals surface area contributed by atoms with Crippen molar-refractivity contribution in [2.75, 3.05) is 39.3 Å². The number of urea groups is 1. The maximum atomic E-state index is 13.4. The molecule has 2 aliphatic heterocycles. The number of esters is 1. The van der Waals surface area contributed by atoms with Crippen LogP contribution in [-0.4, -0.2) is 78.0 Å². The van der Waals surface area contributed by atoms with Gasteiger partial charge >= 0.3 is 12.0 Å². The van der Waals surface area contributed by atoms with Crippen molar-refractivity contribution in [3.05, 3.63) is 46.2 Å². The van der Waals surface area contributed by atoms with E-state index in [1.165, 1.54) is 0 Å². The Morgan fingerprint density at radius 3 is 2.49 bits per heavy atom. The van der Waals surface area contributed by atoms with E-state index in [9.17, 15) is 14.4 Å². The first-order valence-corrected chi connectivity index (χ1v) is 13.8. The van der Waals surface area contributed by atoms with Gasteiger partial charge in [0.2, 0.25) is 5.91 Å². The van der Waals surface area contributed by atoms with E-state index in [2.05, 4.69) is 17.1 Å². The van der Waals surface area contributed by atoms with Gasteiger partial charge in [-0.1, -0.05) is 36.6 Å². The average molecular weight is 511 g/mol.